The van der Waals surface area contributed by atoms with Crippen LogP contribution in [-0.2, 0) is 9.84 Å². The van der Waals surface area contributed by atoms with E-state index in [2.05, 4.69) is 4.90 Å². The lowest BCUT2D eigenvalue weighted by Crippen LogP contribution is -2.49. The highest BCUT2D eigenvalue weighted by atomic mass is 32.2. The minimum absolute atomic E-state index is 0.0353. The van der Waals surface area contributed by atoms with Crippen LogP contribution in [-0.4, -0.2) is 62.7 Å². The van der Waals surface area contributed by atoms with Gasteiger partial charge in [0.25, 0.3) is 5.91 Å². The number of para-hydroxylation sites is 1. The number of aromatic nitrogens is 1. The van der Waals surface area contributed by atoms with Gasteiger partial charge in [-0.15, -0.1) is 0 Å². The summed E-state index contributed by atoms with van der Waals surface area (Å²) in [5, 5.41) is 0.906. The standard InChI is InChI=1S/C22H25N3O4S2/c1-3-29-17-9-7-10-18-20(17)23-22(30-18)25-14-12-24(13-15-25)21(26)16-8-5-6-11-19(16)31(27,28)4-2/h5-11H,3-4,12-15H2,1-2H3. The number of hydrogen-bond donors (Lipinski definition) is 0. The van der Waals surface area contributed by atoms with Crippen molar-refractivity contribution >= 4 is 42.4 Å². The van der Waals surface area contributed by atoms with Gasteiger partial charge in [0.15, 0.2) is 15.0 Å². The summed E-state index contributed by atoms with van der Waals surface area (Å²) in [6.45, 7) is 6.41. The van der Waals surface area contributed by atoms with E-state index in [4.69, 9.17) is 9.72 Å². The normalized spacial score (nSPS) is 14.8. The highest BCUT2D eigenvalue weighted by molar-refractivity contribution is 7.91. The Hall–Kier alpha value is -2.65. The third-order valence-electron chi connectivity index (χ3n) is 5.34. The van der Waals surface area contributed by atoms with Gasteiger partial charge >= 0.3 is 0 Å². The number of carbonyl (C=O) groups excluding carboxylic acids is 1. The molecule has 31 heavy (non-hydrogen) atoms. The van der Waals surface area contributed by atoms with Crippen LogP contribution in [0.1, 0.15) is 24.2 Å². The zero-order chi connectivity index (χ0) is 22.0. The first-order valence-corrected chi connectivity index (χ1v) is 12.8. The van der Waals surface area contributed by atoms with Crippen LogP contribution in [0, 0.1) is 0 Å². The van der Waals surface area contributed by atoms with Crippen molar-refractivity contribution in [1.82, 2.24) is 9.88 Å². The van der Waals surface area contributed by atoms with Crippen LogP contribution >= 0.6 is 11.3 Å². The van der Waals surface area contributed by atoms with E-state index in [1.54, 1.807) is 41.4 Å². The van der Waals surface area contributed by atoms with E-state index in [1.807, 2.05) is 25.1 Å². The van der Waals surface area contributed by atoms with E-state index in [1.165, 1.54) is 6.07 Å². The van der Waals surface area contributed by atoms with E-state index in [-0.39, 0.29) is 22.1 Å². The molecule has 1 aliphatic heterocycles. The first-order chi connectivity index (χ1) is 14.9. The molecule has 164 valence electrons. The maximum absolute atomic E-state index is 13.1. The van der Waals surface area contributed by atoms with Crippen LogP contribution in [0.3, 0.4) is 0 Å². The molecule has 0 unspecified atom stereocenters. The average molecular weight is 460 g/mol. The zero-order valence-electron chi connectivity index (χ0n) is 17.6. The number of rotatable bonds is 6. The van der Waals surface area contributed by atoms with Gasteiger partial charge < -0.3 is 14.5 Å². The number of nitrogens with zero attached hydrogens (tertiary/aromatic N) is 3. The van der Waals surface area contributed by atoms with Gasteiger partial charge in [0.05, 0.1) is 27.5 Å². The highest BCUT2D eigenvalue weighted by Crippen LogP contribution is 2.34. The van der Waals surface area contributed by atoms with Crippen LogP contribution in [0.15, 0.2) is 47.4 Å². The van der Waals surface area contributed by atoms with Crippen molar-refractivity contribution in [2.45, 2.75) is 18.7 Å². The van der Waals surface area contributed by atoms with Crippen LogP contribution < -0.4 is 9.64 Å². The van der Waals surface area contributed by atoms with Gasteiger partial charge in [-0.1, -0.05) is 36.5 Å². The molecule has 4 rings (SSSR count). The van der Waals surface area contributed by atoms with Crippen molar-refractivity contribution in [2.75, 3.05) is 43.4 Å². The number of amides is 1. The number of benzene rings is 2. The van der Waals surface area contributed by atoms with E-state index >= 15 is 0 Å². The van der Waals surface area contributed by atoms with E-state index in [0.29, 0.717) is 32.8 Å². The fourth-order valence-electron chi connectivity index (χ4n) is 3.66. The monoisotopic (exact) mass is 459 g/mol. The number of fused-ring (bicyclic) bond motifs is 1. The first-order valence-electron chi connectivity index (χ1n) is 10.3. The molecule has 9 heteroatoms. The smallest absolute Gasteiger partial charge is 0.255 e. The molecule has 0 bridgehead atoms. The minimum atomic E-state index is -3.47. The molecule has 7 nitrogen and oxygen atoms in total. The summed E-state index contributed by atoms with van der Waals surface area (Å²) >= 11 is 1.61. The molecule has 0 saturated carbocycles. The SMILES string of the molecule is CCOc1cccc2sc(N3CCN(C(=O)c4ccccc4S(=O)(=O)CC)CC3)nc12. The molecule has 3 aromatic rings. The summed E-state index contributed by atoms with van der Waals surface area (Å²) < 4.78 is 31.6. The van der Waals surface area contributed by atoms with Gasteiger partial charge in [0.1, 0.15) is 11.3 Å². The molecule has 0 N–H and O–H groups in total. The third kappa shape index (κ3) is 4.24. The summed E-state index contributed by atoms with van der Waals surface area (Å²) in [5.74, 6) is 0.507. The predicted octanol–water partition coefficient (Wildman–Crippen LogP) is 3.45. The molecule has 2 aromatic carbocycles. The molecule has 1 aliphatic rings. The number of piperazine rings is 1. The molecule has 2 heterocycles. The number of hydrogen-bond acceptors (Lipinski definition) is 7. The molecule has 0 atom stereocenters. The van der Waals surface area contributed by atoms with E-state index in [9.17, 15) is 13.2 Å². The summed E-state index contributed by atoms with van der Waals surface area (Å²) in [5.41, 5.74) is 1.11. The van der Waals surface area contributed by atoms with Crippen molar-refractivity contribution in [3.8, 4) is 5.75 Å². The average Bonchev–Trinajstić information content (AvgIpc) is 3.24. The van der Waals surface area contributed by atoms with Crippen LogP contribution in [0.4, 0.5) is 5.13 Å². The fourth-order valence-corrected chi connectivity index (χ4v) is 5.78. The molecule has 0 spiro atoms. The van der Waals surface area contributed by atoms with Gasteiger partial charge in [-0.25, -0.2) is 13.4 Å². The lowest BCUT2D eigenvalue weighted by Gasteiger charge is -2.34. The van der Waals surface area contributed by atoms with Gasteiger partial charge in [-0.2, -0.15) is 0 Å². The van der Waals surface area contributed by atoms with Crippen molar-refractivity contribution in [1.29, 1.82) is 0 Å². The Morgan fingerprint density at radius 2 is 1.81 bits per heavy atom. The lowest BCUT2D eigenvalue weighted by atomic mass is 10.2. The van der Waals surface area contributed by atoms with Gasteiger partial charge in [-0.05, 0) is 31.2 Å². The third-order valence-corrected chi connectivity index (χ3v) is 8.21. The second-order valence-corrected chi connectivity index (χ2v) is 10.5. The molecular formula is C22H25N3O4S2. The summed E-state index contributed by atoms with van der Waals surface area (Å²) in [7, 11) is -3.47. The summed E-state index contributed by atoms with van der Waals surface area (Å²) in [6.07, 6.45) is 0. The Kier molecular flexibility index (Phi) is 6.15. The molecular weight excluding hydrogens is 434 g/mol. The van der Waals surface area contributed by atoms with E-state index in [0.717, 1.165) is 21.1 Å². The number of ether oxygens (including phenoxy) is 1. The van der Waals surface area contributed by atoms with Crippen LogP contribution in [0.25, 0.3) is 10.2 Å². The topological polar surface area (TPSA) is 79.8 Å². The Bertz CT molecular complexity index is 1200. The minimum Gasteiger partial charge on any atom is -0.492 e. The van der Waals surface area contributed by atoms with Crippen LogP contribution in [0.5, 0.6) is 5.75 Å². The van der Waals surface area contributed by atoms with Crippen molar-refractivity contribution in [2.24, 2.45) is 0 Å². The summed E-state index contributed by atoms with van der Waals surface area (Å²) in [4.78, 5) is 21.9. The van der Waals surface area contributed by atoms with Gasteiger partial charge in [0.2, 0.25) is 0 Å². The largest absolute Gasteiger partial charge is 0.492 e. The molecule has 1 amide bonds. The number of anilines is 1. The Labute approximate surface area is 186 Å². The Balaban J connectivity index is 1.50. The van der Waals surface area contributed by atoms with Crippen molar-refractivity contribution < 1.29 is 17.9 Å². The van der Waals surface area contributed by atoms with Crippen molar-refractivity contribution in [3.05, 3.63) is 48.0 Å². The highest BCUT2D eigenvalue weighted by Gasteiger charge is 2.28. The Morgan fingerprint density at radius 3 is 2.52 bits per heavy atom. The van der Waals surface area contributed by atoms with Gasteiger partial charge in [0, 0.05) is 26.2 Å². The number of thiazole rings is 1. The number of sulfone groups is 1. The maximum atomic E-state index is 13.1. The second kappa shape index (κ2) is 8.84. The lowest BCUT2D eigenvalue weighted by molar-refractivity contribution is 0.0743. The molecule has 0 radical (unpaired) electrons. The molecule has 0 aliphatic carbocycles. The molecule has 1 saturated heterocycles. The molecule has 1 aromatic heterocycles. The van der Waals surface area contributed by atoms with Crippen LogP contribution in [0.2, 0.25) is 0 Å². The summed E-state index contributed by atoms with van der Waals surface area (Å²) in [6, 6.07) is 12.4. The number of carbonyl (C=O) groups is 1. The fraction of sp³-hybridized carbons (Fsp3) is 0.364. The van der Waals surface area contributed by atoms with E-state index < -0.39 is 9.84 Å². The van der Waals surface area contributed by atoms with Gasteiger partial charge in [-0.3, -0.25) is 4.79 Å². The second-order valence-electron chi connectivity index (χ2n) is 7.21. The first kappa shape index (κ1) is 21.6. The predicted molar refractivity (Wildman–Crippen MR) is 123 cm³/mol. The molecule has 1 fully saturated rings. The zero-order valence-corrected chi connectivity index (χ0v) is 19.2. The Morgan fingerprint density at radius 1 is 1.06 bits per heavy atom. The van der Waals surface area contributed by atoms with Crippen molar-refractivity contribution in [3.63, 3.8) is 0 Å². The quantitative estimate of drug-likeness (QED) is 0.562. The maximum Gasteiger partial charge on any atom is 0.255 e.